The summed E-state index contributed by atoms with van der Waals surface area (Å²) in [5.41, 5.74) is 0. The molecule has 0 aromatic rings. The van der Waals surface area contributed by atoms with Crippen LogP contribution in [-0.2, 0) is 65.4 Å². The summed E-state index contributed by atoms with van der Waals surface area (Å²) < 4.78 is 68.5. The Hall–Kier alpha value is -2.46. The number of hydrogen-bond acceptors (Lipinski definition) is 15. The molecular weight excluding hydrogens is 1290 g/mol. The lowest BCUT2D eigenvalue weighted by atomic mass is 10.0. The van der Waals surface area contributed by atoms with Gasteiger partial charge in [-0.2, -0.15) is 0 Å². The largest absolute Gasteiger partial charge is 0.472 e. The van der Waals surface area contributed by atoms with Crippen molar-refractivity contribution in [1.82, 2.24) is 0 Å². The summed E-state index contributed by atoms with van der Waals surface area (Å²) >= 11 is 0. The zero-order valence-electron chi connectivity index (χ0n) is 64.0. The summed E-state index contributed by atoms with van der Waals surface area (Å²) in [6.07, 6.45) is 68.9. The summed E-state index contributed by atoms with van der Waals surface area (Å²) in [6, 6.07) is 0. The molecule has 584 valence electrons. The number of allylic oxidation sites excluding steroid dienone is 4. The standard InChI is InChI=1S/C80H152O17P2/c1-5-9-13-17-21-25-28-31-34-35-36-37-38-39-42-45-48-51-55-59-63-67-80(85)97-76(71-91-78(83)65-61-57-53-49-46-43-40-32-29-26-22-18-14-10-6-2)73-95-99(88,89)93-69-74(81)68-92-98(86,87)94-72-75(70-90-77(82)64-60-56-52-24-20-16-12-8-4)96-79(84)66-62-58-54-50-47-44-41-33-30-27-23-19-15-11-7-3/h26,29,32,40,74-76,81H,5-25,27-28,30-31,33-39,41-73H2,1-4H3,(H,86,87)(H,88,89)/b29-26-,40-32-/t74-,75+,76+/m0/s1. The highest BCUT2D eigenvalue weighted by molar-refractivity contribution is 7.47. The summed E-state index contributed by atoms with van der Waals surface area (Å²) in [7, 11) is -9.92. The number of carbonyl (C=O) groups excluding carboxylic acids is 4. The van der Waals surface area contributed by atoms with E-state index in [1.54, 1.807) is 0 Å². The molecule has 0 aliphatic carbocycles. The number of phosphoric ester groups is 2. The molecule has 0 fully saturated rings. The number of ether oxygens (including phenoxy) is 4. The highest BCUT2D eigenvalue weighted by Gasteiger charge is 2.30. The van der Waals surface area contributed by atoms with Gasteiger partial charge in [0.25, 0.3) is 0 Å². The van der Waals surface area contributed by atoms with Crippen LogP contribution in [0.5, 0.6) is 0 Å². The lowest BCUT2D eigenvalue weighted by Crippen LogP contribution is -2.30. The van der Waals surface area contributed by atoms with Gasteiger partial charge < -0.3 is 33.8 Å². The maximum Gasteiger partial charge on any atom is 0.472 e. The molecule has 0 aliphatic rings. The van der Waals surface area contributed by atoms with E-state index in [9.17, 15) is 43.2 Å². The van der Waals surface area contributed by atoms with Gasteiger partial charge in [0.2, 0.25) is 0 Å². The summed E-state index contributed by atoms with van der Waals surface area (Å²) in [6.45, 7) is 4.92. The quantitative estimate of drug-likeness (QED) is 0.0169. The molecule has 2 unspecified atom stereocenters. The van der Waals surface area contributed by atoms with Crippen LogP contribution < -0.4 is 0 Å². The molecule has 0 bridgehead atoms. The average molecular weight is 1450 g/mol. The van der Waals surface area contributed by atoms with Crippen LogP contribution in [0.25, 0.3) is 0 Å². The molecule has 19 heteroatoms. The van der Waals surface area contributed by atoms with Gasteiger partial charge in [0.05, 0.1) is 26.4 Å². The van der Waals surface area contributed by atoms with Crippen LogP contribution >= 0.6 is 15.6 Å². The molecule has 0 amide bonds. The minimum Gasteiger partial charge on any atom is -0.462 e. The monoisotopic (exact) mass is 1450 g/mol. The van der Waals surface area contributed by atoms with Crippen molar-refractivity contribution in [3.05, 3.63) is 24.3 Å². The number of esters is 4. The number of phosphoric acid groups is 2. The van der Waals surface area contributed by atoms with E-state index in [4.69, 9.17) is 37.0 Å². The Morgan fingerprint density at radius 1 is 0.283 bits per heavy atom. The second-order valence-corrected chi connectivity index (χ2v) is 31.0. The van der Waals surface area contributed by atoms with E-state index in [-0.39, 0.29) is 25.7 Å². The van der Waals surface area contributed by atoms with Crippen LogP contribution in [0.3, 0.4) is 0 Å². The molecule has 0 saturated heterocycles. The van der Waals surface area contributed by atoms with Crippen molar-refractivity contribution in [2.24, 2.45) is 0 Å². The van der Waals surface area contributed by atoms with Gasteiger partial charge >= 0.3 is 39.5 Å². The molecule has 17 nitrogen and oxygen atoms in total. The Balaban J connectivity index is 5.21. The minimum absolute atomic E-state index is 0.102. The van der Waals surface area contributed by atoms with E-state index in [1.807, 2.05) is 0 Å². The van der Waals surface area contributed by atoms with Crippen LogP contribution in [0.2, 0.25) is 0 Å². The van der Waals surface area contributed by atoms with Gasteiger partial charge in [0.1, 0.15) is 19.3 Å². The number of unbranched alkanes of at least 4 members (excludes halogenated alkanes) is 50. The number of aliphatic hydroxyl groups is 1. The third kappa shape index (κ3) is 73.6. The highest BCUT2D eigenvalue weighted by Crippen LogP contribution is 2.45. The number of hydrogen-bond donors (Lipinski definition) is 3. The van der Waals surface area contributed by atoms with Gasteiger partial charge in [-0.1, -0.05) is 354 Å². The van der Waals surface area contributed by atoms with Gasteiger partial charge in [0, 0.05) is 25.7 Å². The first-order valence-electron chi connectivity index (χ1n) is 41.1. The zero-order valence-corrected chi connectivity index (χ0v) is 65.7. The van der Waals surface area contributed by atoms with Gasteiger partial charge in [-0.15, -0.1) is 0 Å². The SMILES string of the molecule is CCCCCC/C=C\C=C/CCCCCCCC(=O)OC[C@H](COP(=O)(O)OC[C@@H](O)COP(=O)(O)OC[C@@H](COC(=O)CCCCCCCCCC)OC(=O)CCCCCCCCCCCCCCCCC)OC(=O)CCCCCCCCCCCCCCCCCCCCCCC. The van der Waals surface area contributed by atoms with E-state index in [0.29, 0.717) is 25.7 Å². The molecule has 5 atom stereocenters. The van der Waals surface area contributed by atoms with Crippen molar-refractivity contribution in [2.45, 2.75) is 425 Å². The van der Waals surface area contributed by atoms with Crippen molar-refractivity contribution in [3.63, 3.8) is 0 Å². The first kappa shape index (κ1) is 96.5. The van der Waals surface area contributed by atoms with Crippen LogP contribution in [0.15, 0.2) is 24.3 Å². The molecule has 99 heavy (non-hydrogen) atoms. The van der Waals surface area contributed by atoms with Gasteiger partial charge in [0.15, 0.2) is 12.2 Å². The summed E-state index contributed by atoms with van der Waals surface area (Å²) in [5.74, 6) is -2.14. The molecule has 0 rings (SSSR count). The average Bonchev–Trinajstić information content (AvgIpc) is 1.20. The summed E-state index contributed by atoms with van der Waals surface area (Å²) in [5, 5.41) is 10.6. The Labute approximate surface area is 605 Å². The molecule has 0 aliphatic heterocycles. The molecule has 0 heterocycles. The lowest BCUT2D eigenvalue weighted by molar-refractivity contribution is -0.161. The van der Waals surface area contributed by atoms with E-state index in [2.05, 4.69) is 52.0 Å². The predicted molar refractivity (Wildman–Crippen MR) is 405 cm³/mol. The molecule has 3 N–H and O–H groups in total. The first-order valence-corrected chi connectivity index (χ1v) is 44.1. The smallest absolute Gasteiger partial charge is 0.462 e. The molecule has 0 aromatic heterocycles. The number of carbonyl (C=O) groups is 4. The topological polar surface area (TPSA) is 237 Å². The van der Waals surface area contributed by atoms with E-state index >= 15 is 0 Å². The predicted octanol–water partition coefficient (Wildman–Crippen LogP) is 23.7. The fraction of sp³-hybridized carbons (Fsp3) is 0.900. The third-order valence-corrected chi connectivity index (χ3v) is 20.1. The van der Waals surface area contributed by atoms with Gasteiger partial charge in [-0.25, -0.2) is 9.13 Å². The highest BCUT2D eigenvalue weighted by atomic mass is 31.2. The molecule has 0 radical (unpaired) electrons. The van der Waals surface area contributed by atoms with Crippen LogP contribution in [0.1, 0.15) is 407 Å². The van der Waals surface area contributed by atoms with Crippen molar-refractivity contribution >= 4 is 39.5 Å². The fourth-order valence-electron chi connectivity index (χ4n) is 11.9. The summed E-state index contributed by atoms with van der Waals surface area (Å²) in [4.78, 5) is 72.8. The Morgan fingerprint density at radius 3 is 0.737 bits per heavy atom. The van der Waals surface area contributed by atoms with Crippen LogP contribution in [0.4, 0.5) is 0 Å². The van der Waals surface area contributed by atoms with Crippen molar-refractivity contribution in [1.29, 1.82) is 0 Å². The van der Waals surface area contributed by atoms with Crippen LogP contribution in [0, 0.1) is 0 Å². The normalized spacial score (nSPS) is 14.0. The van der Waals surface area contributed by atoms with Crippen molar-refractivity contribution in [3.8, 4) is 0 Å². The minimum atomic E-state index is -4.97. The number of aliphatic hydroxyl groups excluding tert-OH is 1. The maximum absolute atomic E-state index is 13.1. The second kappa shape index (κ2) is 73.8. The fourth-order valence-corrected chi connectivity index (χ4v) is 13.5. The number of rotatable bonds is 79. The van der Waals surface area contributed by atoms with Crippen molar-refractivity contribution in [2.75, 3.05) is 39.6 Å². The first-order chi connectivity index (χ1) is 48.2. The molecule has 0 saturated carbocycles. The Bertz CT molecular complexity index is 1970. The third-order valence-electron chi connectivity index (χ3n) is 18.2. The van der Waals surface area contributed by atoms with Crippen molar-refractivity contribution < 1.29 is 80.2 Å². The van der Waals surface area contributed by atoms with Gasteiger partial charge in [-0.3, -0.25) is 37.3 Å². The van der Waals surface area contributed by atoms with E-state index in [1.165, 1.54) is 212 Å². The van der Waals surface area contributed by atoms with E-state index in [0.717, 1.165) is 116 Å². The van der Waals surface area contributed by atoms with Gasteiger partial charge in [-0.05, 0) is 51.4 Å². The maximum atomic E-state index is 13.1. The Kier molecular flexibility index (Phi) is 72.0. The van der Waals surface area contributed by atoms with Crippen LogP contribution in [-0.4, -0.2) is 96.7 Å². The molecule has 0 spiro atoms. The molecule has 0 aromatic carbocycles. The second-order valence-electron chi connectivity index (χ2n) is 28.1. The zero-order chi connectivity index (χ0) is 72.5. The van der Waals surface area contributed by atoms with E-state index < -0.39 is 97.5 Å². The molecular formula is C80H152O17P2. The Morgan fingerprint density at radius 2 is 0.485 bits per heavy atom. The lowest BCUT2D eigenvalue weighted by Gasteiger charge is -2.21.